The number of esters is 3. The second kappa shape index (κ2) is 56.1. The molecule has 0 aliphatic rings. The molecule has 1 unspecified atom stereocenters. The van der Waals surface area contributed by atoms with Crippen molar-refractivity contribution < 1.29 is 28.6 Å². The molecule has 388 valence electrons. The van der Waals surface area contributed by atoms with Crippen LogP contribution in [-0.2, 0) is 28.6 Å². The molecule has 1 atom stereocenters. The Morgan fingerprint density at radius 3 is 0.884 bits per heavy atom. The van der Waals surface area contributed by atoms with Gasteiger partial charge in [-0.25, -0.2) is 0 Å². The van der Waals surface area contributed by atoms with Gasteiger partial charge in [0, 0.05) is 19.3 Å². The van der Waals surface area contributed by atoms with Crippen LogP contribution in [0.4, 0.5) is 0 Å². The van der Waals surface area contributed by atoms with Crippen molar-refractivity contribution in [3.8, 4) is 0 Å². The van der Waals surface area contributed by atoms with E-state index in [4.69, 9.17) is 14.2 Å². The predicted octanol–water partition coefficient (Wildman–Crippen LogP) is 18.6. The van der Waals surface area contributed by atoms with Crippen molar-refractivity contribution in [3.63, 3.8) is 0 Å². The molecule has 0 rings (SSSR count). The number of hydrogen-bond donors (Lipinski definition) is 0. The van der Waals surface area contributed by atoms with Crippen LogP contribution in [-0.4, -0.2) is 37.2 Å². The molecule has 0 aliphatic heterocycles. The molecule has 6 heteroatoms. The lowest BCUT2D eigenvalue weighted by Crippen LogP contribution is -2.30. The molecule has 0 saturated heterocycles. The van der Waals surface area contributed by atoms with Crippen molar-refractivity contribution in [2.75, 3.05) is 13.2 Å². The quantitative estimate of drug-likeness (QED) is 0.0262. The normalized spacial score (nSPS) is 13.1. The Morgan fingerprint density at radius 1 is 0.304 bits per heavy atom. The summed E-state index contributed by atoms with van der Waals surface area (Å²) >= 11 is 0. The third-order valence-corrected chi connectivity index (χ3v) is 11.1. The minimum Gasteiger partial charge on any atom is -0.462 e. The van der Waals surface area contributed by atoms with E-state index in [-0.39, 0.29) is 44.4 Å². The number of allylic oxidation sites excluding steroid dienone is 22. The summed E-state index contributed by atoms with van der Waals surface area (Å²) in [5.41, 5.74) is 0. The Balaban J connectivity index is 4.65. The molecule has 0 radical (unpaired) electrons. The molecule has 0 aromatic carbocycles. The number of ether oxygens (including phenoxy) is 3. The van der Waals surface area contributed by atoms with E-state index < -0.39 is 12.1 Å². The highest BCUT2D eigenvalue weighted by molar-refractivity contribution is 5.71. The molecule has 0 spiro atoms. The van der Waals surface area contributed by atoms with Gasteiger partial charge in [-0.15, -0.1) is 0 Å². The Morgan fingerprint density at radius 2 is 0.565 bits per heavy atom. The number of carbonyl (C=O) groups excluding carboxylic acids is 3. The maximum Gasteiger partial charge on any atom is 0.306 e. The fourth-order valence-corrected chi connectivity index (χ4v) is 6.98. The van der Waals surface area contributed by atoms with E-state index in [0.717, 1.165) is 77.0 Å². The van der Waals surface area contributed by atoms with Crippen molar-refractivity contribution >= 4 is 17.9 Å². The average molecular weight is 953 g/mol. The van der Waals surface area contributed by atoms with E-state index in [0.29, 0.717) is 19.3 Å². The van der Waals surface area contributed by atoms with Gasteiger partial charge in [0.2, 0.25) is 0 Å². The Hall–Kier alpha value is -4.45. The summed E-state index contributed by atoms with van der Waals surface area (Å²) < 4.78 is 16.7. The van der Waals surface area contributed by atoms with Gasteiger partial charge in [0.15, 0.2) is 6.10 Å². The topological polar surface area (TPSA) is 78.9 Å². The second-order valence-corrected chi connectivity index (χ2v) is 17.7. The van der Waals surface area contributed by atoms with E-state index in [1.54, 1.807) is 0 Å². The van der Waals surface area contributed by atoms with Crippen LogP contribution in [0.15, 0.2) is 134 Å². The number of unbranched alkanes of at least 4 members (excludes halogenated alkanes) is 15. The highest BCUT2D eigenvalue weighted by Crippen LogP contribution is 2.11. The summed E-state index contributed by atoms with van der Waals surface area (Å²) in [6.45, 7) is 6.36. The Bertz CT molecular complexity index is 1510. The predicted molar refractivity (Wildman–Crippen MR) is 297 cm³/mol. The molecule has 0 aromatic heterocycles. The molecule has 69 heavy (non-hydrogen) atoms. The van der Waals surface area contributed by atoms with Crippen LogP contribution >= 0.6 is 0 Å². The maximum atomic E-state index is 12.8. The van der Waals surface area contributed by atoms with Crippen molar-refractivity contribution in [2.24, 2.45) is 0 Å². The highest BCUT2D eigenvalue weighted by atomic mass is 16.6. The van der Waals surface area contributed by atoms with Gasteiger partial charge in [-0.05, 0) is 122 Å². The monoisotopic (exact) mass is 953 g/mol. The maximum absolute atomic E-state index is 12.8. The molecule has 6 nitrogen and oxygen atoms in total. The van der Waals surface area contributed by atoms with Crippen LogP contribution in [0.5, 0.6) is 0 Å². The smallest absolute Gasteiger partial charge is 0.306 e. The van der Waals surface area contributed by atoms with Gasteiger partial charge in [0.05, 0.1) is 0 Å². The lowest BCUT2D eigenvalue weighted by atomic mass is 10.1. The lowest BCUT2D eigenvalue weighted by molar-refractivity contribution is -0.166. The van der Waals surface area contributed by atoms with Crippen LogP contribution in [0, 0.1) is 0 Å². The summed E-state index contributed by atoms with van der Waals surface area (Å²) in [5.74, 6) is -1.11. The molecule has 0 aromatic rings. The Labute approximate surface area is 424 Å². The van der Waals surface area contributed by atoms with Gasteiger partial charge in [-0.2, -0.15) is 0 Å². The highest BCUT2D eigenvalue weighted by Gasteiger charge is 2.19. The van der Waals surface area contributed by atoms with Gasteiger partial charge < -0.3 is 14.2 Å². The first-order valence-corrected chi connectivity index (χ1v) is 27.7. The van der Waals surface area contributed by atoms with E-state index in [1.807, 2.05) is 0 Å². The van der Waals surface area contributed by atoms with Gasteiger partial charge in [0.1, 0.15) is 13.2 Å². The number of rotatable bonds is 48. The number of carbonyl (C=O) groups is 3. The molecule has 0 N–H and O–H groups in total. The summed E-state index contributed by atoms with van der Waals surface area (Å²) in [4.78, 5) is 38.0. The minimum absolute atomic E-state index is 0.146. The second-order valence-electron chi connectivity index (χ2n) is 17.7. The van der Waals surface area contributed by atoms with E-state index >= 15 is 0 Å². The third-order valence-electron chi connectivity index (χ3n) is 11.1. The standard InChI is InChI=1S/C63H100O6/c1-4-7-10-13-16-19-22-25-28-31-34-37-40-43-46-49-52-55-61(64)67-58-60(69-63(66)57-54-51-48-45-42-39-36-33-30-27-24-21-18-15-12-9-6-3)59-68-62(65)56-53-50-47-44-41-38-35-32-29-26-23-20-17-14-11-8-5-2/h7,10,16,19,25-30,34-39,43-48,60H,4-6,8-9,11-15,17-18,20-24,31-33,40-42,49-59H2,1-3H3/b10-7-,19-16-,28-25-,29-26-,30-27-,37-34-,38-35-,39-36-,46-43-,47-44-,48-45-. The van der Waals surface area contributed by atoms with Crippen LogP contribution < -0.4 is 0 Å². The summed E-state index contributed by atoms with van der Waals surface area (Å²) in [5, 5.41) is 0. The van der Waals surface area contributed by atoms with Crippen LogP contribution in [0.25, 0.3) is 0 Å². The van der Waals surface area contributed by atoms with Gasteiger partial charge in [-0.3, -0.25) is 14.4 Å². The molecular weight excluding hydrogens is 853 g/mol. The molecule has 0 amide bonds. The SMILES string of the molecule is CC/C=C\C/C=C\C/C=C\C/C=C\C/C=C\CCCC(=O)OCC(COC(=O)CCC/C=C\C/C=C\C/C=C\CCCCCCCC)OC(=O)CCC/C=C\C/C=C\C/C=C\CCCCCCCC. The Kier molecular flexibility index (Phi) is 52.5. The molecular formula is C63H100O6. The lowest BCUT2D eigenvalue weighted by Gasteiger charge is -2.18. The van der Waals surface area contributed by atoms with Crippen molar-refractivity contribution in [2.45, 2.75) is 232 Å². The van der Waals surface area contributed by atoms with E-state index in [1.165, 1.54) is 89.9 Å². The molecule has 0 heterocycles. The zero-order valence-corrected chi connectivity index (χ0v) is 44.3. The van der Waals surface area contributed by atoms with Crippen molar-refractivity contribution in [1.82, 2.24) is 0 Å². The largest absolute Gasteiger partial charge is 0.462 e. The van der Waals surface area contributed by atoms with E-state index in [9.17, 15) is 14.4 Å². The third kappa shape index (κ3) is 54.4. The molecule has 0 aliphatic carbocycles. The molecule has 0 fully saturated rings. The molecule has 0 saturated carbocycles. The fourth-order valence-electron chi connectivity index (χ4n) is 6.98. The summed E-state index contributed by atoms with van der Waals surface area (Å²) in [7, 11) is 0. The van der Waals surface area contributed by atoms with Gasteiger partial charge >= 0.3 is 17.9 Å². The van der Waals surface area contributed by atoms with Crippen molar-refractivity contribution in [3.05, 3.63) is 134 Å². The number of hydrogen-bond acceptors (Lipinski definition) is 6. The van der Waals surface area contributed by atoms with Gasteiger partial charge in [-0.1, -0.05) is 219 Å². The minimum atomic E-state index is -0.853. The van der Waals surface area contributed by atoms with E-state index in [2.05, 4.69) is 154 Å². The van der Waals surface area contributed by atoms with Gasteiger partial charge in [0.25, 0.3) is 0 Å². The van der Waals surface area contributed by atoms with Crippen molar-refractivity contribution in [1.29, 1.82) is 0 Å². The first-order chi connectivity index (χ1) is 34.0. The zero-order valence-electron chi connectivity index (χ0n) is 44.3. The van der Waals surface area contributed by atoms with Crippen LogP contribution in [0.3, 0.4) is 0 Å². The molecule has 0 bridgehead atoms. The van der Waals surface area contributed by atoms with Crippen LogP contribution in [0.1, 0.15) is 226 Å². The van der Waals surface area contributed by atoms with Crippen LogP contribution in [0.2, 0.25) is 0 Å². The fraction of sp³-hybridized carbons (Fsp3) is 0.603. The zero-order chi connectivity index (χ0) is 50.0. The first-order valence-electron chi connectivity index (χ1n) is 27.7. The first kappa shape index (κ1) is 64.5. The average Bonchev–Trinajstić information content (AvgIpc) is 3.35. The summed E-state index contributed by atoms with van der Waals surface area (Å²) in [6.07, 6.45) is 78.9. The summed E-state index contributed by atoms with van der Waals surface area (Å²) in [6, 6.07) is 0.